The molecule has 0 heterocycles. The van der Waals surface area contributed by atoms with Crippen LogP contribution in [0.3, 0.4) is 0 Å². The highest BCUT2D eigenvalue weighted by Crippen LogP contribution is 2.66. The summed E-state index contributed by atoms with van der Waals surface area (Å²) in [6.45, 7) is 2.14. The van der Waals surface area contributed by atoms with Gasteiger partial charge in [-0.2, -0.15) is 0 Å². The Balaban J connectivity index is 1.76. The van der Waals surface area contributed by atoms with Crippen LogP contribution in [-0.4, -0.2) is 11.7 Å². The second-order valence-electron chi connectivity index (χ2n) is 7.94. The fourth-order valence-electron chi connectivity index (χ4n) is 5.98. The van der Waals surface area contributed by atoms with E-state index in [2.05, 4.69) is 31.2 Å². The van der Waals surface area contributed by atoms with E-state index in [-0.39, 0.29) is 16.7 Å². The number of carbonyl (C=O) groups excluding carboxylic acids is 1. The monoisotopic (exact) mass is 302 g/mol. The number of rotatable bonds is 3. The number of aryl methyl sites for hydroxylation is 1. The third kappa shape index (κ3) is 2.00. The second-order valence-corrected chi connectivity index (χ2v) is 8.21. The molecule has 21 heavy (non-hydrogen) atoms. The van der Waals surface area contributed by atoms with Gasteiger partial charge in [-0.25, -0.2) is 0 Å². The van der Waals surface area contributed by atoms with Gasteiger partial charge in [-0.3, -0.25) is 4.79 Å². The van der Waals surface area contributed by atoms with Gasteiger partial charge in [0.05, 0.1) is 5.88 Å². The maximum atomic E-state index is 12.6. The van der Waals surface area contributed by atoms with Gasteiger partial charge in [0, 0.05) is 5.41 Å². The lowest BCUT2D eigenvalue weighted by Crippen LogP contribution is -2.57. The molecule has 0 saturated heterocycles. The van der Waals surface area contributed by atoms with Crippen LogP contribution in [0.15, 0.2) is 24.3 Å². The van der Waals surface area contributed by atoms with Crippen molar-refractivity contribution in [2.45, 2.75) is 50.9 Å². The summed E-state index contributed by atoms with van der Waals surface area (Å²) in [6, 6.07) is 9.07. The molecule has 4 fully saturated rings. The minimum atomic E-state index is -0.100. The lowest BCUT2D eigenvalue weighted by Gasteiger charge is -2.61. The quantitative estimate of drug-likeness (QED) is 0.743. The number of hydrogen-bond acceptors (Lipinski definition) is 1. The normalized spacial score (nSPS) is 40.5. The molecule has 4 aliphatic rings. The van der Waals surface area contributed by atoms with E-state index in [0.29, 0.717) is 5.78 Å². The van der Waals surface area contributed by atoms with E-state index >= 15 is 0 Å². The number of hydrogen-bond donors (Lipinski definition) is 0. The van der Waals surface area contributed by atoms with Gasteiger partial charge in [0.25, 0.3) is 0 Å². The highest BCUT2D eigenvalue weighted by molar-refractivity contribution is 6.28. The average molecular weight is 303 g/mol. The van der Waals surface area contributed by atoms with Crippen LogP contribution in [0.2, 0.25) is 0 Å². The Labute approximate surface area is 132 Å². The lowest BCUT2D eigenvalue weighted by atomic mass is 9.42. The standard InChI is InChI=1S/C19H23ClO/c1-13-2-4-16(5-3-13)18-7-14-6-15(8-18)10-19(9-14,12-18)17(21)11-20/h2-5,14-15H,6-12H2,1H3. The molecule has 4 saturated carbocycles. The summed E-state index contributed by atoms with van der Waals surface area (Å²) in [5.74, 6) is 1.98. The van der Waals surface area contributed by atoms with Gasteiger partial charge in [0.1, 0.15) is 0 Å². The third-order valence-corrected chi connectivity index (χ3v) is 6.68. The van der Waals surface area contributed by atoms with Crippen LogP contribution in [0.5, 0.6) is 0 Å². The molecule has 112 valence electrons. The van der Waals surface area contributed by atoms with Gasteiger partial charge in [0.2, 0.25) is 0 Å². The topological polar surface area (TPSA) is 17.1 Å². The molecule has 5 rings (SSSR count). The highest BCUT2D eigenvalue weighted by atomic mass is 35.5. The van der Waals surface area contributed by atoms with Crippen LogP contribution >= 0.6 is 11.6 Å². The zero-order valence-electron chi connectivity index (χ0n) is 12.7. The van der Waals surface area contributed by atoms with E-state index in [1.54, 1.807) is 0 Å². The molecule has 4 aliphatic carbocycles. The maximum Gasteiger partial charge on any atom is 0.153 e. The predicted molar refractivity (Wildman–Crippen MR) is 85.7 cm³/mol. The molecular weight excluding hydrogens is 280 g/mol. The molecular formula is C19H23ClO. The summed E-state index contributed by atoms with van der Waals surface area (Å²) in [6.07, 6.45) is 7.14. The van der Waals surface area contributed by atoms with E-state index in [1.807, 2.05) is 0 Å². The molecule has 1 aromatic rings. The van der Waals surface area contributed by atoms with Crippen molar-refractivity contribution in [3.63, 3.8) is 0 Å². The molecule has 2 atom stereocenters. The van der Waals surface area contributed by atoms with Crippen LogP contribution in [-0.2, 0) is 10.2 Å². The summed E-state index contributed by atoms with van der Waals surface area (Å²) in [5, 5.41) is 0. The Morgan fingerprint density at radius 1 is 1.14 bits per heavy atom. The maximum absolute atomic E-state index is 12.6. The van der Waals surface area contributed by atoms with Crippen molar-refractivity contribution in [2.24, 2.45) is 17.3 Å². The zero-order chi connectivity index (χ0) is 14.7. The van der Waals surface area contributed by atoms with Gasteiger partial charge in [-0.05, 0) is 68.3 Å². The molecule has 2 heteroatoms. The number of alkyl halides is 1. The van der Waals surface area contributed by atoms with Crippen molar-refractivity contribution in [1.29, 1.82) is 0 Å². The molecule has 1 aromatic carbocycles. The number of carbonyl (C=O) groups is 1. The van der Waals surface area contributed by atoms with E-state index in [4.69, 9.17) is 11.6 Å². The summed E-state index contributed by atoms with van der Waals surface area (Å²) < 4.78 is 0. The largest absolute Gasteiger partial charge is 0.298 e. The first kappa shape index (κ1) is 13.8. The SMILES string of the molecule is Cc1ccc(C23CC4CC(CC(C(=O)CCl)(C4)C2)C3)cc1. The van der Waals surface area contributed by atoms with E-state index in [1.165, 1.54) is 30.4 Å². The van der Waals surface area contributed by atoms with E-state index in [0.717, 1.165) is 31.1 Å². The second kappa shape index (κ2) is 4.59. The van der Waals surface area contributed by atoms with Crippen molar-refractivity contribution in [3.05, 3.63) is 35.4 Å². The third-order valence-electron chi connectivity index (χ3n) is 6.44. The van der Waals surface area contributed by atoms with Gasteiger partial charge in [-0.1, -0.05) is 29.8 Å². The molecule has 0 aliphatic heterocycles. The van der Waals surface area contributed by atoms with Crippen molar-refractivity contribution < 1.29 is 4.79 Å². The number of benzene rings is 1. The lowest BCUT2D eigenvalue weighted by molar-refractivity contribution is -0.144. The minimum absolute atomic E-state index is 0.100. The van der Waals surface area contributed by atoms with Crippen LogP contribution in [0.25, 0.3) is 0 Å². The number of ketones is 1. The summed E-state index contributed by atoms with van der Waals surface area (Å²) in [4.78, 5) is 12.6. The smallest absolute Gasteiger partial charge is 0.153 e. The fourth-order valence-corrected chi connectivity index (χ4v) is 6.26. The van der Waals surface area contributed by atoms with Crippen molar-refractivity contribution >= 4 is 17.4 Å². The van der Waals surface area contributed by atoms with E-state index in [9.17, 15) is 4.79 Å². The number of Topliss-reactive ketones (excluding diaryl/α,β-unsaturated/α-hetero) is 1. The zero-order valence-corrected chi connectivity index (χ0v) is 13.5. The Bertz CT molecular complexity index is 560. The van der Waals surface area contributed by atoms with Gasteiger partial charge < -0.3 is 0 Å². The molecule has 1 nitrogen and oxygen atoms in total. The van der Waals surface area contributed by atoms with Crippen molar-refractivity contribution in [2.75, 3.05) is 5.88 Å². The molecule has 2 unspecified atom stereocenters. The minimum Gasteiger partial charge on any atom is -0.298 e. The molecule has 0 radical (unpaired) electrons. The molecule has 0 N–H and O–H groups in total. The summed E-state index contributed by atoms with van der Waals surface area (Å²) >= 11 is 5.95. The Morgan fingerprint density at radius 2 is 1.76 bits per heavy atom. The fraction of sp³-hybridized carbons (Fsp3) is 0.632. The van der Waals surface area contributed by atoms with Gasteiger partial charge >= 0.3 is 0 Å². The summed E-state index contributed by atoms with van der Waals surface area (Å²) in [7, 11) is 0. The van der Waals surface area contributed by atoms with Crippen molar-refractivity contribution in [1.82, 2.24) is 0 Å². The van der Waals surface area contributed by atoms with Crippen LogP contribution < -0.4 is 0 Å². The van der Waals surface area contributed by atoms with Crippen LogP contribution in [0.1, 0.15) is 49.7 Å². The highest BCUT2D eigenvalue weighted by Gasteiger charge is 2.60. The average Bonchev–Trinajstić information content (AvgIpc) is 2.45. The van der Waals surface area contributed by atoms with E-state index < -0.39 is 0 Å². The van der Waals surface area contributed by atoms with Gasteiger partial charge in [-0.15, -0.1) is 11.6 Å². The van der Waals surface area contributed by atoms with Crippen LogP contribution in [0, 0.1) is 24.2 Å². The van der Waals surface area contributed by atoms with Gasteiger partial charge in [0.15, 0.2) is 5.78 Å². The summed E-state index contributed by atoms with van der Waals surface area (Å²) in [5.41, 5.74) is 2.93. The Hall–Kier alpha value is -0.820. The molecule has 4 bridgehead atoms. The first-order valence-corrected chi connectivity index (χ1v) is 8.75. The molecule has 0 aromatic heterocycles. The number of halogens is 1. The molecule has 0 amide bonds. The predicted octanol–water partition coefficient (Wildman–Crippen LogP) is 4.64. The van der Waals surface area contributed by atoms with Crippen LogP contribution in [0.4, 0.5) is 0 Å². The Morgan fingerprint density at radius 3 is 2.33 bits per heavy atom. The first-order chi connectivity index (χ1) is 10.1. The van der Waals surface area contributed by atoms with Crippen molar-refractivity contribution in [3.8, 4) is 0 Å². The molecule has 0 spiro atoms. The Kier molecular flexibility index (Phi) is 3.02. The first-order valence-electron chi connectivity index (χ1n) is 8.22.